The van der Waals surface area contributed by atoms with Crippen LogP contribution in [0.3, 0.4) is 0 Å². The van der Waals surface area contributed by atoms with Gasteiger partial charge in [0.2, 0.25) is 5.91 Å². The number of carbonyl (C=O) groups is 2. The van der Waals surface area contributed by atoms with Gasteiger partial charge in [0.05, 0.1) is 7.11 Å². The molecule has 0 saturated heterocycles. The molecular weight excluding hydrogens is 246 g/mol. The molecular formula is C14H19NO4. The van der Waals surface area contributed by atoms with Gasteiger partial charge in [0.25, 0.3) is 0 Å². The number of methoxy groups -OCH3 is 1. The molecule has 0 atom stereocenters. The van der Waals surface area contributed by atoms with E-state index in [-0.39, 0.29) is 0 Å². The summed E-state index contributed by atoms with van der Waals surface area (Å²) in [6.45, 7) is 3.15. The Kier molecular flexibility index (Phi) is 4.53. The Morgan fingerprint density at radius 2 is 2.00 bits per heavy atom. The van der Waals surface area contributed by atoms with Gasteiger partial charge < -0.3 is 14.7 Å². The number of carboxylic acid groups (broad SMARTS) is 1. The molecule has 0 aliphatic heterocycles. The van der Waals surface area contributed by atoms with E-state index in [4.69, 9.17) is 9.84 Å². The van der Waals surface area contributed by atoms with E-state index in [9.17, 15) is 9.59 Å². The summed E-state index contributed by atoms with van der Waals surface area (Å²) in [4.78, 5) is 24.5. The van der Waals surface area contributed by atoms with Crippen molar-refractivity contribution in [2.24, 2.45) is 5.41 Å². The predicted molar refractivity (Wildman–Crippen MR) is 70.9 cm³/mol. The van der Waals surface area contributed by atoms with E-state index in [1.165, 1.54) is 18.7 Å². The van der Waals surface area contributed by atoms with Gasteiger partial charge in [0.15, 0.2) is 0 Å². The number of rotatable bonds is 5. The third kappa shape index (κ3) is 3.47. The quantitative estimate of drug-likeness (QED) is 0.824. The van der Waals surface area contributed by atoms with Crippen molar-refractivity contribution in [3.05, 3.63) is 29.8 Å². The minimum atomic E-state index is -1.42. The zero-order valence-corrected chi connectivity index (χ0v) is 11.6. The molecule has 1 aromatic carbocycles. The van der Waals surface area contributed by atoms with Crippen molar-refractivity contribution in [3.8, 4) is 5.75 Å². The molecule has 0 unspecified atom stereocenters. The fraction of sp³-hybridized carbons (Fsp3) is 0.429. The third-order valence-electron chi connectivity index (χ3n) is 2.97. The number of benzene rings is 1. The van der Waals surface area contributed by atoms with Gasteiger partial charge in [-0.25, -0.2) is 0 Å². The largest absolute Gasteiger partial charge is 0.497 e. The van der Waals surface area contributed by atoms with Gasteiger partial charge in [-0.05, 0) is 31.5 Å². The lowest BCUT2D eigenvalue weighted by atomic mass is 9.92. The normalized spacial score (nSPS) is 10.9. The highest BCUT2D eigenvalue weighted by atomic mass is 16.5. The number of carboxylic acids is 1. The molecule has 5 heteroatoms. The molecule has 0 saturated carbocycles. The average Bonchev–Trinajstić information content (AvgIpc) is 2.37. The SMILES string of the molecule is COc1cccc(CN(C)C(=O)C(C)(C)C(=O)O)c1. The standard InChI is InChI=1S/C14H19NO4/c1-14(2,13(17)18)12(16)15(3)9-10-6-5-7-11(8-10)19-4/h5-8H,9H2,1-4H3,(H,17,18). The number of carbonyl (C=O) groups excluding carboxylic acids is 1. The van der Waals surface area contributed by atoms with E-state index in [1.807, 2.05) is 24.3 Å². The summed E-state index contributed by atoms with van der Waals surface area (Å²) in [6.07, 6.45) is 0. The maximum atomic E-state index is 12.1. The molecule has 104 valence electrons. The van der Waals surface area contributed by atoms with Crippen molar-refractivity contribution < 1.29 is 19.4 Å². The smallest absolute Gasteiger partial charge is 0.318 e. The fourth-order valence-electron chi connectivity index (χ4n) is 1.69. The second-order valence-corrected chi connectivity index (χ2v) is 4.94. The van der Waals surface area contributed by atoms with E-state index in [0.717, 1.165) is 5.56 Å². The third-order valence-corrected chi connectivity index (χ3v) is 2.97. The van der Waals surface area contributed by atoms with Crippen LogP contribution in [0.1, 0.15) is 19.4 Å². The van der Waals surface area contributed by atoms with Crippen LogP contribution in [0.2, 0.25) is 0 Å². The van der Waals surface area contributed by atoms with E-state index >= 15 is 0 Å². The lowest BCUT2D eigenvalue weighted by molar-refractivity contribution is -0.157. The minimum Gasteiger partial charge on any atom is -0.497 e. The number of aliphatic carboxylic acids is 1. The lowest BCUT2D eigenvalue weighted by Gasteiger charge is -2.26. The minimum absolute atomic E-state index is 0.340. The summed E-state index contributed by atoms with van der Waals surface area (Å²) < 4.78 is 5.10. The number of ether oxygens (including phenoxy) is 1. The molecule has 0 aliphatic carbocycles. The van der Waals surface area contributed by atoms with Gasteiger partial charge >= 0.3 is 5.97 Å². The van der Waals surface area contributed by atoms with Crippen molar-refractivity contribution in [3.63, 3.8) is 0 Å². The highest BCUT2D eigenvalue weighted by Gasteiger charge is 2.38. The van der Waals surface area contributed by atoms with Crippen molar-refractivity contribution in [1.82, 2.24) is 4.90 Å². The van der Waals surface area contributed by atoms with Crippen molar-refractivity contribution in [2.75, 3.05) is 14.2 Å². The first-order valence-electron chi connectivity index (χ1n) is 5.91. The van der Waals surface area contributed by atoms with Gasteiger partial charge in [-0.3, -0.25) is 9.59 Å². The van der Waals surface area contributed by atoms with Crippen LogP contribution in [0.5, 0.6) is 5.75 Å². The first-order chi connectivity index (χ1) is 8.78. The van der Waals surface area contributed by atoms with Gasteiger partial charge in [0, 0.05) is 13.6 Å². The van der Waals surface area contributed by atoms with Crippen LogP contribution in [0, 0.1) is 5.41 Å². The molecule has 0 aromatic heterocycles. The van der Waals surface area contributed by atoms with E-state index < -0.39 is 17.3 Å². The van der Waals surface area contributed by atoms with Crippen LogP contribution in [-0.2, 0) is 16.1 Å². The van der Waals surface area contributed by atoms with Gasteiger partial charge in [-0.2, -0.15) is 0 Å². The zero-order chi connectivity index (χ0) is 14.6. The molecule has 0 spiro atoms. The number of amides is 1. The monoisotopic (exact) mass is 265 g/mol. The summed E-state index contributed by atoms with van der Waals surface area (Å²) in [7, 11) is 3.16. The Morgan fingerprint density at radius 3 is 2.53 bits per heavy atom. The first kappa shape index (κ1) is 15.0. The molecule has 0 radical (unpaired) electrons. The molecule has 1 aromatic rings. The summed E-state index contributed by atoms with van der Waals surface area (Å²) in [6, 6.07) is 7.32. The maximum absolute atomic E-state index is 12.1. The summed E-state index contributed by atoms with van der Waals surface area (Å²) >= 11 is 0. The van der Waals surface area contributed by atoms with E-state index in [0.29, 0.717) is 12.3 Å². The Bertz CT molecular complexity index is 482. The van der Waals surface area contributed by atoms with Crippen LogP contribution >= 0.6 is 0 Å². The number of nitrogens with zero attached hydrogens (tertiary/aromatic N) is 1. The first-order valence-corrected chi connectivity index (χ1v) is 5.91. The molecule has 1 amide bonds. The molecule has 0 fully saturated rings. The van der Waals surface area contributed by atoms with Crippen molar-refractivity contribution in [2.45, 2.75) is 20.4 Å². The van der Waals surface area contributed by atoms with Gasteiger partial charge in [-0.15, -0.1) is 0 Å². The maximum Gasteiger partial charge on any atom is 0.318 e. The topological polar surface area (TPSA) is 66.8 Å². The average molecular weight is 265 g/mol. The van der Waals surface area contributed by atoms with Crippen molar-refractivity contribution in [1.29, 1.82) is 0 Å². The van der Waals surface area contributed by atoms with E-state index in [1.54, 1.807) is 14.2 Å². The Balaban J connectivity index is 2.82. The molecule has 1 N–H and O–H groups in total. The van der Waals surface area contributed by atoms with Crippen LogP contribution in [0.15, 0.2) is 24.3 Å². The summed E-state index contributed by atoms with van der Waals surface area (Å²) in [5.74, 6) is -0.853. The summed E-state index contributed by atoms with van der Waals surface area (Å²) in [5.41, 5.74) is -0.537. The fourth-order valence-corrected chi connectivity index (χ4v) is 1.69. The highest BCUT2D eigenvalue weighted by Crippen LogP contribution is 2.20. The van der Waals surface area contributed by atoms with E-state index in [2.05, 4.69) is 0 Å². The van der Waals surface area contributed by atoms with Crippen LogP contribution in [0.4, 0.5) is 0 Å². The Hall–Kier alpha value is -2.04. The second-order valence-electron chi connectivity index (χ2n) is 4.94. The van der Waals surface area contributed by atoms with Gasteiger partial charge in [0.1, 0.15) is 11.2 Å². The van der Waals surface area contributed by atoms with Gasteiger partial charge in [-0.1, -0.05) is 12.1 Å². The number of hydrogen-bond acceptors (Lipinski definition) is 3. The van der Waals surface area contributed by atoms with Crippen LogP contribution in [-0.4, -0.2) is 36.0 Å². The Labute approximate surface area is 112 Å². The van der Waals surface area contributed by atoms with Crippen LogP contribution in [0.25, 0.3) is 0 Å². The number of hydrogen-bond donors (Lipinski definition) is 1. The predicted octanol–water partition coefficient (Wildman–Crippen LogP) is 1.76. The molecule has 19 heavy (non-hydrogen) atoms. The molecule has 0 heterocycles. The Morgan fingerprint density at radius 1 is 1.37 bits per heavy atom. The van der Waals surface area contributed by atoms with Crippen molar-refractivity contribution >= 4 is 11.9 Å². The molecule has 0 bridgehead atoms. The zero-order valence-electron chi connectivity index (χ0n) is 11.6. The second kappa shape index (κ2) is 5.73. The summed E-state index contributed by atoms with van der Waals surface area (Å²) in [5, 5.41) is 9.04. The highest BCUT2D eigenvalue weighted by molar-refractivity contribution is 6.00. The lowest BCUT2D eigenvalue weighted by Crippen LogP contribution is -2.43. The molecule has 1 rings (SSSR count). The molecule has 5 nitrogen and oxygen atoms in total. The molecule has 0 aliphatic rings. The van der Waals surface area contributed by atoms with Crippen LogP contribution < -0.4 is 4.74 Å².